The standard InChI is InChI=1S/C12H16N2O4/c1-8-7-10(3-4-11(8)14(17)18)12(16)13-6-5-9(2)15/h3-4,7,9,15H,5-6H2,1-2H3,(H,13,16). The SMILES string of the molecule is Cc1cc(C(=O)NCCC(C)O)ccc1[N+](=O)[O-]. The van der Waals surface area contributed by atoms with E-state index in [0.717, 1.165) is 0 Å². The molecule has 0 spiro atoms. The summed E-state index contributed by atoms with van der Waals surface area (Å²) in [5.41, 5.74) is 0.822. The Kier molecular flexibility index (Phi) is 4.79. The van der Waals surface area contributed by atoms with E-state index in [1.54, 1.807) is 13.8 Å². The third kappa shape index (κ3) is 3.81. The van der Waals surface area contributed by atoms with Gasteiger partial charge in [-0.1, -0.05) is 0 Å². The highest BCUT2D eigenvalue weighted by Gasteiger charge is 2.13. The molecule has 0 saturated heterocycles. The maximum atomic E-state index is 11.7. The first kappa shape index (κ1) is 14.1. The van der Waals surface area contributed by atoms with Crippen LogP contribution in [0, 0.1) is 17.0 Å². The summed E-state index contributed by atoms with van der Waals surface area (Å²) in [6, 6.07) is 4.22. The van der Waals surface area contributed by atoms with E-state index in [2.05, 4.69) is 5.32 Å². The van der Waals surface area contributed by atoms with Gasteiger partial charge in [-0.15, -0.1) is 0 Å². The first-order valence-corrected chi connectivity index (χ1v) is 5.63. The van der Waals surface area contributed by atoms with Crippen molar-refractivity contribution in [1.82, 2.24) is 5.32 Å². The Morgan fingerprint density at radius 1 is 1.56 bits per heavy atom. The fourth-order valence-electron chi connectivity index (χ4n) is 1.50. The van der Waals surface area contributed by atoms with Crippen molar-refractivity contribution >= 4 is 11.6 Å². The molecule has 1 aromatic rings. The van der Waals surface area contributed by atoms with Crippen LogP contribution in [0.2, 0.25) is 0 Å². The molecule has 0 bridgehead atoms. The van der Waals surface area contributed by atoms with E-state index < -0.39 is 11.0 Å². The zero-order valence-corrected chi connectivity index (χ0v) is 10.3. The lowest BCUT2D eigenvalue weighted by Gasteiger charge is -2.07. The van der Waals surface area contributed by atoms with Crippen molar-refractivity contribution in [1.29, 1.82) is 0 Å². The molecule has 0 radical (unpaired) electrons. The van der Waals surface area contributed by atoms with Gasteiger partial charge in [0.25, 0.3) is 11.6 Å². The van der Waals surface area contributed by atoms with Crippen molar-refractivity contribution in [3.05, 3.63) is 39.4 Å². The maximum absolute atomic E-state index is 11.7. The zero-order valence-electron chi connectivity index (χ0n) is 10.3. The lowest BCUT2D eigenvalue weighted by molar-refractivity contribution is -0.385. The van der Waals surface area contributed by atoms with Gasteiger partial charge < -0.3 is 10.4 Å². The Hall–Kier alpha value is -1.95. The number of nitrogens with one attached hydrogen (secondary N) is 1. The van der Waals surface area contributed by atoms with E-state index in [4.69, 9.17) is 5.11 Å². The normalized spacial score (nSPS) is 11.9. The molecule has 1 amide bonds. The molecule has 6 heteroatoms. The highest BCUT2D eigenvalue weighted by molar-refractivity contribution is 5.94. The van der Waals surface area contributed by atoms with Gasteiger partial charge in [0.1, 0.15) is 0 Å². The Labute approximate surface area is 105 Å². The molecule has 1 rings (SSSR count). The van der Waals surface area contributed by atoms with Gasteiger partial charge in [-0.05, 0) is 32.4 Å². The smallest absolute Gasteiger partial charge is 0.272 e. The highest BCUT2D eigenvalue weighted by atomic mass is 16.6. The summed E-state index contributed by atoms with van der Waals surface area (Å²) in [6.07, 6.45) is 0.00133. The number of nitro benzene ring substituents is 1. The molecule has 18 heavy (non-hydrogen) atoms. The molecule has 1 aromatic carbocycles. The molecule has 0 heterocycles. The number of carbonyl (C=O) groups excluding carboxylic acids is 1. The topological polar surface area (TPSA) is 92.5 Å². The summed E-state index contributed by atoms with van der Waals surface area (Å²) in [6.45, 7) is 3.60. The van der Waals surface area contributed by atoms with Crippen LogP contribution in [-0.4, -0.2) is 28.6 Å². The number of amides is 1. The third-order valence-corrected chi connectivity index (χ3v) is 2.50. The zero-order chi connectivity index (χ0) is 13.7. The number of nitro groups is 1. The molecule has 0 aliphatic carbocycles. The lowest BCUT2D eigenvalue weighted by atomic mass is 10.1. The van der Waals surface area contributed by atoms with Gasteiger partial charge in [-0.2, -0.15) is 0 Å². The lowest BCUT2D eigenvalue weighted by Crippen LogP contribution is -2.26. The number of aliphatic hydroxyl groups excluding tert-OH is 1. The number of aryl methyl sites for hydroxylation is 1. The third-order valence-electron chi connectivity index (χ3n) is 2.50. The van der Waals surface area contributed by atoms with Crippen molar-refractivity contribution in [3.63, 3.8) is 0 Å². The van der Waals surface area contributed by atoms with Crippen molar-refractivity contribution in [3.8, 4) is 0 Å². The average molecular weight is 252 g/mol. The molecule has 2 N–H and O–H groups in total. The van der Waals surface area contributed by atoms with Crippen LogP contribution in [0.15, 0.2) is 18.2 Å². The summed E-state index contributed by atoms with van der Waals surface area (Å²) < 4.78 is 0. The van der Waals surface area contributed by atoms with E-state index >= 15 is 0 Å². The Bertz CT molecular complexity index is 457. The molecule has 0 saturated carbocycles. The van der Waals surface area contributed by atoms with Crippen LogP contribution in [-0.2, 0) is 0 Å². The fraction of sp³-hybridized carbons (Fsp3) is 0.417. The van der Waals surface area contributed by atoms with Crippen LogP contribution in [0.5, 0.6) is 0 Å². The van der Waals surface area contributed by atoms with Gasteiger partial charge >= 0.3 is 0 Å². The Balaban J connectivity index is 2.70. The molecule has 0 fully saturated rings. The molecule has 98 valence electrons. The van der Waals surface area contributed by atoms with Crippen LogP contribution in [0.1, 0.15) is 29.3 Å². The summed E-state index contributed by atoms with van der Waals surface area (Å²) in [7, 11) is 0. The second-order valence-corrected chi connectivity index (χ2v) is 4.15. The van der Waals surface area contributed by atoms with E-state index in [1.807, 2.05) is 0 Å². The number of hydrogen-bond donors (Lipinski definition) is 2. The number of rotatable bonds is 5. The quantitative estimate of drug-likeness (QED) is 0.612. The second kappa shape index (κ2) is 6.11. The molecular formula is C12H16N2O4. The van der Waals surface area contributed by atoms with Crippen molar-refractivity contribution < 1.29 is 14.8 Å². The van der Waals surface area contributed by atoms with Crippen LogP contribution >= 0.6 is 0 Å². The molecular weight excluding hydrogens is 236 g/mol. The molecule has 1 atom stereocenters. The van der Waals surface area contributed by atoms with Gasteiger partial charge in [-0.3, -0.25) is 14.9 Å². The van der Waals surface area contributed by atoms with E-state index in [1.165, 1.54) is 18.2 Å². The summed E-state index contributed by atoms with van der Waals surface area (Å²) in [5.74, 6) is -0.298. The monoisotopic (exact) mass is 252 g/mol. The molecule has 0 aliphatic heterocycles. The number of carbonyl (C=O) groups is 1. The van der Waals surface area contributed by atoms with Crippen LogP contribution in [0.4, 0.5) is 5.69 Å². The van der Waals surface area contributed by atoms with Crippen LogP contribution in [0.25, 0.3) is 0 Å². The minimum atomic E-state index is -0.482. The number of nitrogens with zero attached hydrogens (tertiary/aromatic N) is 1. The van der Waals surface area contributed by atoms with Crippen molar-refractivity contribution in [2.75, 3.05) is 6.54 Å². The van der Waals surface area contributed by atoms with E-state index in [9.17, 15) is 14.9 Å². The fourth-order valence-corrected chi connectivity index (χ4v) is 1.50. The van der Waals surface area contributed by atoms with Crippen molar-refractivity contribution in [2.24, 2.45) is 0 Å². The second-order valence-electron chi connectivity index (χ2n) is 4.15. The minimum Gasteiger partial charge on any atom is -0.393 e. The summed E-state index contributed by atoms with van der Waals surface area (Å²) in [5, 5.41) is 22.3. The van der Waals surface area contributed by atoms with E-state index in [-0.39, 0.29) is 11.6 Å². The molecule has 6 nitrogen and oxygen atoms in total. The Morgan fingerprint density at radius 2 is 2.22 bits per heavy atom. The molecule has 0 aliphatic rings. The van der Waals surface area contributed by atoms with Gasteiger partial charge in [0, 0.05) is 23.7 Å². The van der Waals surface area contributed by atoms with Crippen LogP contribution in [0.3, 0.4) is 0 Å². The largest absolute Gasteiger partial charge is 0.393 e. The summed E-state index contributed by atoms with van der Waals surface area (Å²) in [4.78, 5) is 21.8. The minimum absolute atomic E-state index is 0.00414. The Morgan fingerprint density at radius 3 is 2.72 bits per heavy atom. The predicted octanol–water partition coefficient (Wildman–Crippen LogP) is 1.40. The van der Waals surface area contributed by atoms with Crippen LogP contribution < -0.4 is 5.32 Å². The highest BCUT2D eigenvalue weighted by Crippen LogP contribution is 2.18. The van der Waals surface area contributed by atoms with Crippen molar-refractivity contribution in [2.45, 2.75) is 26.4 Å². The van der Waals surface area contributed by atoms with Gasteiger partial charge in [0.2, 0.25) is 0 Å². The number of aliphatic hydroxyl groups is 1. The number of benzene rings is 1. The first-order chi connectivity index (χ1) is 8.41. The number of hydrogen-bond acceptors (Lipinski definition) is 4. The predicted molar refractivity (Wildman–Crippen MR) is 66.5 cm³/mol. The maximum Gasteiger partial charge on any atom is 0.272 e. The first-order valence-electron chi connectivity index (χ1n) is 5.63. The van der Waals surface area contributed by atoms with Gasteiger partial charge in [0.15, 0.2) is 0 Å². The molecule has 1 unspecified atom stereocenters. The average Bonchev–Trinajstić information content (AvgIpc) is 2.27. The molecule has 0 aromatic heterocycles. The van der Waals surface area contributed by atoms with Gasteiger partial charge in [-0.25, -0.2) is 0 Å². The summed E-state index contributed by atoms with van der Waals surface area (Å²) >= 11 is 0. The van der Waals surface area contributed by atoms with Gasteiger partial charge in [0.05, 0.1) is 11.0 Å². The van der Waals surface area contributed by atoms with E-state index in [0.29, 0.717) is 24.1 Å².